The third-order valence-electron chi connectivity index (χ3n) is 2.85. The average Bonchev–Trinajstić information content (AvgIpc) is 2.31. The lowest BCUT2D eigenvalue weighted by molar-refractivity contribution is -0.225. The summed E-state index contributed by atoms with van der Waals surface area (Å²) < 4.78 is 32.0. The van der Waals surface area contributed by atoms with Crippen molar-refractivity contribution in [1.82, 2.24) is 9.97 Å². The van der Waals surface area contributed by atoms with Gasteiger partial charge in [0.25, 0.3) is 0 Å². The molecule has 0 radical (unpaired) electrons. The minimum Gasteiger partial charge on any atom is -0.398 e. The van der Waals surface area contributed by atoms with Crippen LogP contribution in [0.5, 0.6) is 6.01 Å². The number of aromatic nitrogens is 2. The number of alkyl halides is 2. The summed E-state index contributed by atoms with van der Waals surface area (Å²) in [6, 6.07) is 1.31. The van der Waals surface area contributed by atoms with Crippen molar-refractivity contribution in [2.45, 2.75) is 38.2 Å². The second kappa shape index (κ2) is 4.72. The third-order valence-corrected chi connectivity index (χ3v) is 2.85. The number of halogens is 2. The molecule has 1 aliphatic rings. The molecule has 0 N–H and O–H groups in total. The first kappa shape index (κ1) is 11.2. The van der Waals surface area contributed by atoms with Crippen LogP contribution in [0.15, 0.2) is 18.5 Å². The van der Waals surface area contributed by atoms with Gasteiger partial charge >= 0.3 is 12.1 Å². The molecule has 0 spiro atoms. The Hall–Kier alpha value is -1.26. The minimum absolute atomic E-state index is 0.252. The number of ether oxygens (including phenoxy) is 1. The zero-order valence-electron chi connectivity index (χ0n) is 8.90. The summed E-state index contributed by atoms with van der Waals surface area (Å²) in [4.78, 5) is 7.29. The molecular formula is C11H14F2N2O. The predicted molar refractivity (Wildman–Crippen MR) is 54.2 cm³/mol. The second-order valence-electron chi connectivity index (χ2n) is 4.03. The van der Waals surface area contributed by atoms with Crippen molar-refractivity contribution in [2.75, 3.05) is 0 Å². The molecule has 88 valence electrons. The van der Waals surface area contributed by atoms with Gasteiger partial charge in [0.15, 0.2) is 0 Å². The number of hydrogen-bond donors (Lipinski definition) is 0. The fourth-order valence-electron chi connectivity index (χ4n) is 1.98. The van der Waals surface area contributed by atoms with Crippen molar-refractivity contribution in [3.8, 4) is 6.01 Å². The van der Waals surface area contributed by atoms with Gasteiger partial charge in [0.1, 0.15) is 0 Å². The average molecular weight is 228 g/mol. The van der Waals surface area contributed by atoms with E-state index >= 15 is 0 Å². The first-order valence-electron chi connectivity index (χ1n) is 5.52. The summed E-state index contributed by atoms with van der Waals surface area (Å²) in [6.07, 6.45) is 3.38. The van der Waals surface area contributed by atoms with Gasteiger partial charge in [-0.25, -0.2) is 9.97 Å². The van der Waals surface area contributed by atoms with Gasteiger partial charge in [-0.1, -0.05) is 19.3 Å². The molecule has 1 aliphatic carbocycles. The molecule has 0 atom stereocenters. The van der Waals surface area contributed by atoms with Crippen molar-refractivity contribution in [2.24, 2.45) is 5.92 Å². The summed E-state index contributed by atoms with van der Waals surface area (Å²) in [5.74, 6) is -0.704. The molecule has 2 rings (SSSR count). The van der Waals surface area contributed by atoms with Crippen LogP contribution in [0.2, 0.25) is 0 Å². The molecule has 5 heteroatoms. The van der Waals surface area contributed by atoms with Gasteiger partial charge < -0.3 is 4.74 Å². The summed E-state index contributed by atoms with van der Waals surface area (Å²) in [5, 5.41) is 0. The Labute approximate surface area is 92.9 Å². The van der Waals surface area contributed by atoms with Gasteiger partial charge in [-0.15, -0.1) is 0 Å². The topological polar surface area (TPSA) is 35.0 Å². The van der Waals surface area contributed by atoms with Gasteiger partial charge in [0, 0.05) is 12.4 Å². The lowest BCUT2D eigenvalue weighted by Crippen LogP contribution is -2.36. The fraction of sp³-hybridized carbons (Fsp3) is 0.636. The van der Waals surface area contributed by atoms with E-state index in [0.717, 1.165) is 19.3 Å². The fourth-order valence-corrected chi connectivity index (χ4v) is 1.98. The molecular weight excluding hydrogens is 214 g/mol. The number of nitrogens with zero attached hydrogens (tertiary/aromatic N) is 2. The first-order valence-corrected chi connectivity index (χ1v) is 5.52. The zero-order valence-corrected chi connectivity index (χ0v) is 8.90. The lowest BCUT2D eigenvalue weighted by Gasteiger charge is -2.28. The smallest absolute Gasteiger partial charge is 0.398 e. The molecule has 0 bridgehead atoms. The molecule has 1 saturated carbocycles. The first-order chi connectivity index (χ1) is 7.68. The van der Waals surface area contributed by atoms with Gasteiger partial charge in [0.05, 0.1) is 5.92 Å². The van der Waals surface area contributed by atoms with Crippen LogP contribution in [0.4, 0.5) is 8.78 Å². The Bertz CT molecular complexity index is 326. The lowest BCUT2D eigenvalue weighted by atomic mass is 9.88. The monoisotopic (exact) mass is 228 g/mol. The molecule has 0 aromatic carbocycles. The highest BCUT2D eigenvalue weighted by molar-refractivity contribution is 4.95. The maximum Gasteiger partial charge on any atom is 0.402 e. The Kier molecular flexibility index (Phi) is 3.31. The quantitative estimate of drug-likeness (QED) is 0.797. The molecule has 3 nitrogen and oxygen atoms in total. The van der Waals surface area contributed by atoms with Crippen molar-refractivity contribution in [3.63, 3.8) is 0 Å². The van der Waals surface area contributed by atoms with E-state index in [2.05, 4.69) is 14.7 Å². The highest BCUT2D eigenvalue weighted by Gasteiger charge is 2.43. The van der Waals surface area contributed by atoms with E-state index in [1.54, 1.807) is 6.07 Å². The van der Waals surface area contributed by atoms with Crippen molar-refractivity contribution in [1.29, 1.82) is 0 Å². The Balaban J connectivity index is 2.01. The largest absolute Gasteiger partial charge is 0.402 e. The molecule has 0 aliphatic heterocycles. The van der Waals surface area contributed by atoms with Crippen molar-refractivity contribution >= 4 is 0 Å². The molecule has 1 fully saturated rings. The molecule has 16 heavy (non-hydrogen) atoms. The van der Waals surface area contributed by atoms with E-state index in [1.807, 2.05) is 0 Å². The van der Waals surface area contributed by atoms with Crippen LogP contribution in [0, 0.1) is 5.92 Å². The maximum absolute atomic E-state index is 13.7. The van der Waals surface area contributed by atoms with E-state index in [0.29, 0.717) is 12.8 Å². The summed E-state index contributed by atoms with van der Waals surface area (Å²) in [5.41, 5.74) is 0. The van der Waals surface area contributed by atoms with Crippen molar-refractivity contribution in [3.05, 3.63) is 18.5 Å². The van der Waals surface area contributed by atoms with E-state index in [-0.39, 0.29) is 6.01 Å². The summed E-state index contributed by atoms with van der Waals surface area (Å²) >= 11 is 0. The normalized spacial score (nSPS) is 18.4. The third kappa shape index (κ3) is 2.65. The SMILES string of the molecule is FC(F)(Oc1ncccn1)C1CCCCC1. The highest BCUT2D eigenvalue weighted by Crippen LogP contribution is 2.37. The van der Waals surface area contributed by atoms with Crippen LogP contribution >= 0.6 is 0 Å². The Morgan fingerprint density at radius 2 is 1.75 bits per heavy atom. The van der Waals surface area contributed by atoms with Crippen LogP contribution in [-0.2, 0) is 0 Å². The molecule has 0 saturated heterocycles. The van der Waals surface area contributed by atoms with Gasteiger partial charge in [0.2, 0.25) is 0 Å². The summed E-state index contributed by atoms with van der Waals surface area (Å²) in [7, 11) is 0. The van der Waals surface area contributed by atoms with Crippen LogP contribution < -0.4 is 4.74 Å². The van der Waals surface area contributed by atoms with Crippen LogP contribution in [-0.4, -0.2) is 16.1 Å². The van der Waals surface area contributed by atoms with Crippen LogP contribution in [0.3, 0.4) is 0 Å². The summed E-state index contributed by atoms with van der Waals surface area (Å²) in [6.45, 7) is 0. The van der Waals surface area contributed by atoms with Gasteiger partial charge in [-0.05, 0) is 18.9 Å². The van der Waals surface area contributed by atoms with E-state index in [9.17, 15) is 8.78 Å². The van der Waals surface area contributed by atoms with E-state index < -0.39 is 12.0 Å². The Morgan fingerprint density at radius 3 is 2.38 bits per heavy atom. The molecule has 1 heterocycles. The van der Waals surface area contributed by atoms with Gasteiger partial charge in [-0.3, -0.25) is 0 Å². The number of hydrogen-bond acceptors (Lipinski definition) is 3. The second-order valence-corrected chi connectivity index (χ2v) is 4.03. The Morgan fingerprint density at radius 1 is 1.12 bits per heavy atom. The maximum atomic E-state index is 13.7. The molecule has 1 aromatic heterocycles. The van der Waals surface area contributed by atoms with Crippen LogP contribution in [0.25, 0.3) is 0 Å². The number of rotatable bonds is 3. The zero-order chi connectivity index (χ0) is 11.4. The minimum atomic E-state index is -3.15. The van der Waals surface area contributed by atoms with Crippen molar-refractivity contribution < 1.29 is 13.5 Å². The standard InChI is InChI=1S/C11H14F2N2O/c12-11(13,9-5-2-1-3-6-9)16-10-14-7-4-8-15-10/h4,7-9H,1-3,5-6H2. The van der Waals surface area contributed by atoms with Gasteiger partial charge in [-0.2, -0.15) is 8.78 Å². The molecule has 1 aromatic rings. The van der Waals surface area contributed by atoms with Crippen LogP contribution in [0.1, 0.15) is 32.1 Å². The van der Waals surface area contributed by atoms with E-state index in [4.69, 9.17) is 0 Å². The molecule has 0 amide bonds. The highest BCUT2D eigenvalue weighted by atomic mass is 19.3. The predicted octanol–water partition coefficient (Wildman–Crippen LogP) is 3.03. The molecule has 0 unspecified atom stereocenters. The van der Waals surface area contributed by atoms with E-state index in [1.165, 1.54) is 12.4 Å².